The fourth-order valence-corrected chi connectivity index (χ4v) is 3.61. The molecule has 0 aliphatic heterocycles. The maximum Gasteiger partial charge on any atom is 0.358 e. The highest BCUT2D eigenvalue weighted by Crippen LogP contribution is 2.41. The predicted molar refractivity (Wildman–Crippen MR) is 117 cm³/mol. The van der Waals surface area contributed by atoms with Crippen LogP contribution in [-0.2, 0) is 4.74 Å². The Balaban J connectivity index is 1.69. The number of esters is 1. The van der Waals surface area contributed by atoms with E-state index >= 15 is 0 Å². The van der Waals surface area contributed by atoms with Gasteiger partial charge >= 0.3 is 5.97 Å². The van der Waals surface area contributed by atoms with Crippen molar-refractivity contribution >= 4 is 11.9 Å². The van der Waals surface area contributed by atoms with E-state index in [-0.39, 0.29) is 5.91 Å². The molecule has 0 unspecified atom stereocenters. The molecule has 1 heterocycles. The summed E-state index contributed by atoms with van der Waals surface area (Å²) >= 11 is 0. The molecule has 2 aromatic rings. The molecular weight excluding hydrogens is 378 g/mol. The molecule has 6 heteroatoms. The van der Waals surface area contributed by atoms with Gasteiger partial charge in [0.25, 0.3) is 5.91 Å². The van der Waals surface area contributed by atoms with Crippen LogP contribution >= 0.6 is 0 Å². The van der Waals surface area contributed by atoms with Crippen molar-refractivity contribution in [2.24, 2.45) is 5.92 Å². The third-order valence-electron chi connectivity index (χ3n) is 5.69. The van der Waals surface area contributed by atoms with Gasteiger partial charge in [-0.25, -0.2) is 9.48 Å². The van der Waals surface area contributed by atoms with Crippen molar-refractivity contribution < 1.29 is 14.3 Å². The first kappa shape index (κ1) is 22.1. The highest BCUT2D eigenvalue weighted by atomic mass is 16.5. The Labute approximate surface area is 179 Å². The highest BCUT2D eigenvalue weighted by molar-refractivity contribution is 5.94. The van der Waals surface area contributed by atoms with E-state index in [9.17, 15) is 9.59 Å². The minimum Gasteiger partial charge on any atom is -0.461 e. The fraction of sp³-hybridized carbons (Fsp3) is 0.542. The summed E-state index contributed by atoms with van der Waals surface area (Å²) in [5.74, 6) is 0.506. The van der Waals surface area contributed by atoms with Gasteiger partial charge < -0.3 is 10.1 Å². The van der Waals surface area contributed by atoms with Crippen molar-refractivity contribution in [3.63, 3.8) is 0 Å². The summed E-state index contributed by atoms with van der Waals surface area (Å²) in [6.45, 7) is 7.19. The van der Waals surface area contributed by atoms with Crippen molar-refractivity contribution in [1.82, 2.24) is 15.1 Å². The lowest BCUT2D eigenvalue weighted by Gasteiger charge is -2.15. The van der Waals surface area contributed by atoms with E-state index in [1.165, 1.54) is 12.8 Å². The molecule has 1 N–H and O–H groups in total. The standard InChI is InChI=1S/C24H33N3O3/c1-4-7-8-17(5-2)16-25-23(28)19-11-13-20(14-12-19)27-22(18-9-10-18)15-21(26-27)24(29)30-6-3/h11-15,17-18H,4-10,16H2,1-3H3,(H,25,28)/t17-/m0/s1. The second kappa shape index (κ2) is 10.4. The first-order chi connectivity index (χ1) is 14.6. The van der Waals surface area contributed by atoms with Gasteiger partial charge in [-0.2, -0.15) is 5.10 Å². The van der Waals surface area contributed by atoms with E-state index in [0.29, 0.717) is 36.2 Å². The summed E-state index contributed by atoms with van der Waals surface area (Å²) in [5.41, 5.74) is 2.84. The van der Waals surface area contributed by atoms with Crippen LogP contribution in [0, 0.1) is 5.92 Å². The van der Waals surface area contributed by atoms with Crippen molar-refractivity contribution in [2.45, 2.75) is 65.2 Å². The number of benzene rings is 1. The first-order valence-electron chi connectivity index (χ1n) is 11.2. The third kappa shape index (κ3) is 5.49. The van der Waals surface area contributed by atoms with Gasteiger partial charge in [0.1, 0.15) is 0 Å². The van der Waals surface area contributed by atoms with Crippen molar-refractivity contribution in [3.05, 3.63) is 47.3 Å². The quantitative estimate of drug-likeness (QED) is 0.535. The lowest BCUT2D eigenvalue weighted by Crippen LogP contribution is -2.29. The molecule has 0 saturated heterocycles. The molecule has 3 rings (SSSR count). The number of nitrogens with zero attached hydrogens (tertiary/aromatic N) is 2. The summed E-state index contributed by atoms with van der Waals surface area (Å²) in [4.78, 5) is 24.6. The van der Waals surface area contributed by atoms with Gasteiger partial charge in [0, 0.05) is 23.7 Å². The average Bonchev–Trinajstić information content (AvgIpc) is 3.52. The minimum absolute atomic E-state index is 0.0495. The largest absolute Gasteiger partial charge is 0.461 e. The van der Waals surface area contributed by atoms with Crippen LogP contribution in [0.5, 0.6) is 0 Å². The summed E-state index contributed by atoms with van der Waals surface area (Å²) in [6.07, 6.45) is 6.81. The van der Waals surface area contributed by atoms with Crippen molar-refractivity contribution in [2.75, 3.05) is 13.2 Å². The summed E-state index contributed by atoms with van der Waals surface area (Å²) in [5, 5.41) is 7.54. The molecule has 1 aliphatic carbocycles. The van der Waals surface area contributed by atoms with Crippen LogP contribution in [0.2, 0.25) is 0 Å². The van der Waals surface area contributed by atoms with E-state index in [4.69, 9.17) is 4.74 Å². The maximum atomic E-state index is 12.5. The number of aromatic nitrogens is 2. The molecule has 1 amide bonds. The molecule has 6 nitrogen and oxygen atoms in total. The number of carbonyl (C=O) groups excluding carboxylic acids is 2. The van der Waals surface area contributed by atoms with Gasteiger partial charge in [-0.05, 0) is 62.4 Å². The van der Waals surface area contributed by atoms with E-state index in [1.54, 1.807) is 6.92 Å². The number of ether oxygens (including phenoxy) is 1. The van der Waals surface area contributed by atoms with E-state index in [2.05, 4.69) is 24.3 Å². The van der Waals surface area contributed by atoms with Crippen LogP contribution in [0.25, 0.3) is 5.69 Å². The Morgan fingerprint density at radius 2 is 1.93 bits per heavy atom. The van der Waals surface area contributed by atoms with Gasteiger partial charge in [0.05, 0.1) is 12.3 Å². The molecular formula is C24H33N3O3. The SMILES string of the molecule is CCCC[C@H](CC)CNC(=O)c1ccc(-n2nc(C(=O)OCC)cc2C2CC2)cc1. The van der Waals surface area contributed by atoms with Crippen LogP contribution in [0.15, 0.2) is 30.3 Å². The molecule has 162 valence electrons. The fourth-order valence-electron chi connectivity index (χ4n) is 3.61. The van der Waals surface area contributed by atoms with E-state index in [0.717, 1.165) is 37.1 Å². The molecule has 1 aromatic carbocycles. The van der Waals surface area contributed by atoms with Gasteiger partial charge in [-0.15, -0.1) is 0 Å². The lowest BCUT2D eigenvalue weighted by molar-refractivity contribution is 0.0518. The normalized spacial score (nSPS) is 14.4. The Morgan fingerprint density at radius 3 is 2.53 bits per heavy atom. The number of nitrogens with one attached hydrogen (secondary N) is 1. The monoisotopic (exact) mass is 411 g/mol. The lowest BCUT2D eigenvalue weighted by atomic mass is 9.99. The Kier molecular flexibility index (Phi) is 7.66. The summed E-state index contributed by atoms with van der Waals surface area (Å²) in [7, 11) is 0. The average molecular weight is 412 g/mol. The molecule has 0 spiro atoms. The van der Waals surface area contributed by atoms with Gasteiger partial charge in [0.15, 0.2) is 5.69 Å². The molecule has 1 aromatic heterocycles. The second-order valence-electron chi connectivity index (χ2n) is 8.03. The molecule has 1 aliphatic rings. The smallest absolute Gasteiger partial charge is 0.358 e. The summed E-state index contributed by atoms with van der Waals surface area (Å²) in [6, 6.07) is 9.24. The Morgan fingerprint density at radius 1 is 1.20 bits per heavy atom. The Hall–Kier alpha value is -2.63. The number of hydrogen-bond donors (Lipinski definition) is 1. The molecule has 1 fully saturated rings. The minimum atomic E-state index is -0.400. The zero-order valence-electron chi connectivity index (χ0n) is 18.3. The number of unbranched alkanes of at least 4 members (excludes halogenated alkanes) is 1. The number of amides is 1. The number of rotatable bonds is 11. The van der Waals surface area contributed by atoms with Gasteiger partial charge in [0.2, 0.25) is 0 Å². The van der Waals surface area contributed by atoms with Gasteiger partial charge in [-0.3, -0.25) is 4.79 Å². The van der Waals surface area contributed by atoms with Crippen LogP contribution in [-0.4, -0.2) is 34.8 Å². The van der Waals surface area contributed by atoms with E-state index < -0.39 is 5.97 Å². The van der Waals surface area contributed by atoms with Gasteiger partial charge in [-0.1, -0.05) is 33.1 Å². The Bertz CT molecular complexity index is 853. The van der Waals surface area contributed by atoms with Crippen LogP contribution < -0.4 is 5.32 Å². The second-order valence-corrected chi connectivity index (χ2v) is 8.03. The molecule has 0 bridgehead atoms. The van der Waals surface area contributed by atoms with Crippen LogP contribution in [0.3, 0.4) is 0 Å². The molecule has 0 radical (unpaired) electrons. The van der Waals surface area contributed by atoms with Crippen molar-refractivity contribution in [3.8, 4) is 5.69 Å². The summed E-state index contributed by atoms with van der Waals surface area (Å²) < 4.78 is 6.90. The van der Waals surface area contributed by atoms with Crippen LogP contribution in [0.1, 0.15) is 91.8 Å². The molecule has 30 heavy (non-hydrogen) atoms. The molecule has 1 atom stereocenters. The first-order valence-corrected chi connectivity index (χ1v) is 11.2. The topological polar surface area (TPSA) is 73.2 Å². The van der Waals surface area contributed by atoms with Crippen LogP contribution in [0.4, 0.5) is 0 Å². The number of carbonyl (C=O) groups is 2. The number of hydrogen-bond acceptors (Lipinski definition) is 4. The third-order valence-corrected chi connectivity index (χ3v) is 5.69. The predicted octanol–water partition coefficient (Wildman–Crippen LogP) is 4.87. The zero-order valence-corrected chi connectivity index (χ0v) is 18.3. The van der Waals surface area contributed by atoms with Crippen molar-refractivity contribution in [1.29, 1.82) is 0 Å². The highest BCUT2D eigenvalue weighted by Gasteiger charge is 2.30. The zero-order chi connectivity index (χ0) is 21.5. The maximum absolute atomic E-state index is 12.5. The van der Waals surface area contributed by atoms with E-state index in [1.807, 2.05) is 35.0 Å². The molecule has 1 saturated carbocycles.